The minimum absolute atomic E-state index is 0.0767. The number of nitrogens with one attached hydrogen (secondary N) is 1. The SMILES string of the molecule is C=CC(=O)N1CCC(c2nc(-c3ccc(C(=O)Nc4cc(C)ccn4)cc3)n3c(N)nccc23)C1. The Hall–Kier alpha value is -4.53. The maximum absolute atomic E-state index is 12.7. The molecule has 0 spiro atoms. The van der Waals surface area contributed by atoms with Gasteiger partial charge in [0, 0.05) is 42.5 Å². The molecule has 9 nitrogen and oxygen atoms in total. The van der Waals surface area contributed by atoms with Crippen molar-refractivity contribution in [1.82, 2.24) is 24.3 Å². The first-order valence-corrected chi connectivity index (χ1v) is 11.3. The molecule has 35 heavy (non-hydrogen) atoms. The van der Waals surface area contributed by atoms with Crippen LogP contribution in [-0.4, -0.2) is 49.2 Å². The van der Waals surface area contributed by atoms with Crippen molar-refractivity contribution in [3.63, 3.8) is 0 Å². The van der Waals surface area contributed by atoms with Gasteiger partial charge in [-0.3, -0.25) is 14.0 Å². The van der Waals surface area contributed by atoms with Crippen molar-refractivity contribution in [2.45, 2.75) is 19.3 Å². The van der Waals surface area contributed by atoms with Gasteiger partial charge < -0.3 is 16.0 Å². The zero-order valence-corrected chi connectivity index (χ0v) is 19.3. The lowest BCUT2D eigenvalue weighted by Gasteiger charge is -2.13. The number of nitrogens with zero attached hydrogens (tertiary/aromatic N) is 5. The standard InChI is InChI=1S/C26H25N7O2/c1-3-22(34)32-13-10-19(15-32)23-20-9-12-29-26(27)33(20)24(31-23)17-4-6-18(7-5-17)25(35)30-21-14-16(2)8-11-28-21/h3-9,11-12,14,19H,1,10,13,15H2,2H3,(H2,27,29)(H,28,30,35). The number of benzene rings is 1. The fourth-order valence-electron chi connectivity index (χ4n) is 4.45. The van der Waals surface area contributed by atoms with Gasteiger partial charge in [-0.05, 0) is 55.3 Å². The van der Waals surface area contributed by atoms with Gasteiger partial charge in [0.15, 0.2) is 0 Å². The Balaban J connectivity index is 1.45. The number of aryl methyl sites for hydroxylation is 1. The summed E-state index contributed by atoms with van der Waals surface area (Å²) in [5.74, 6) is 1.22. The van der Waals surface area contributed by atoms with E-state index in [1.807, 2.05) is 41.7 Å². The van der Waals surface area contributed by atoms with Crippen LogP contribution in [0.5, 0.6) is 0 Å². The van der Waals surface area contributed by atoms with Gasteiger partial charge in [-0.1, -0.05) is 18.7 Å². The van der Waals surface area contributed by atoms with Crippen LogP contribution in [0, 0.1) is 6.92 Å². The van der Waals surface area contributed by atoms with Crippen LogP contribution in [0.3, 0.4) is 0 Å². The third-order valence-corrected chi connectivity index (χ3v) is 6.23. The van der Waals surface area contributed by atoms with E-state index in [4.69, 9.17) is 10.7 Å². The number of hydrogen-bond donors (Lipinski definition) is 2. The van der Waals surface area contributed by atoms with Gasteiger partial charge in [0.05, 0.1) is 11.2 Å². The van der Waals surface area contributed by atoms with E-state index in [-0.39, 0.29) is 17.7 Å². The maximum Gasteiger partial charge on any atom is 0.256 e. The average Bonchev–Trinajstić information content (AvgIpc) is 3.50. The minimum Gasteiger partial charge on any atom is -0.369 e. The molecular weight excluding hydrogens is 442 g/mol. The summed E-state index contributed by atoms with van der Waals surface area (Å²) < 4.78 is 1.82. The average molecular weight is 468 g/mol. The van der Waals surface area contributed by atoms with Crippen molar-refractivity contribution in [3.8, 4) is 11.4 Å². The number of imidazole rings is 1. The van der Waals surface area contributed by atoms with Crippen molar-refractivity contribution in [2.24, 2.45) is 0 Å². The molecule has 4 heterocycles. The van der Waals surface area contributed by atoms with Crippen molar-refractivity contribution in [1.29, 1.82) is 0 Å². The van der Waals surface area contributed by atoms with Crippen molar-refractivity contribution in [3.05, 3.63) is 84.3 Å². The highest BCUT2D eigenvalue weighted by molar-refractivity contribution is 6.04. The summed E-state index contributed by atoms with van der Waals surface area (Å²) in [5.41, 5.74) is 10.3. The van der Waals surface area contributed by atoms with Crippen LogP contribution in [0.4, 0.5) is 11.8 Å². The molecule has 0 aliphatic carbocycles. The number of nitrogen functional groups attached to an aromatic ring is 1. The first-order valence-electron chi connectivity index (χ1n) is 11.3. The van der Waals surface area contributed by atoms with Gasteiger partial charge in [-0.15, -0.1) is 0 Å². The number of carbonyl (C=O) groups is 2. The predicted molar refractivity (Wildman–Crippen MR) is 134 cm³/mol. The fraction of sp³-hybridized carbons (Fsp3) is 0.192. The van der Waals surface area contributed by atoms with E-state index >= 15 is 0 Å². The highest BCUT2D eigenvalue weighted by Crippen LogP contribution is 2.34. The van der Waals surface area contributed by atoms with Gasteiger partial charge in [0.2, 0.25) is 11.9 Å². The summed E-state index contributed by atoms with van der Waals surface area (Å²) >= 11 is 0. The molecule has 0 saturated carbocycles. The molecule has 1 aromatic carbocycles. The van der Waals surface area contributed by atoms with E-state index in [0.717, 1.165) is 28.8 Å². The number of amides is 2. The summed E-state index contributed by atoms with van der Waals surface area (Å²) in [5, 5.41) is 2.82. The van der Waals surface area contributed by atoms with Crippen molar-refractivity contribution < 1.29 is 9.59 Å². The molecule has 0 radical (unpaired) electrons. The third kappa shape index (κ3) is 4.23. The maximum atomic E-state index is 12.7. The second-order valence-electron chi connectivity index (χ2n) is 8.57. The number of pyridine rings is 1. The Morgan fingerprint density at radius 2 is 1.91 bits per heavy atom. The number of rotatable bonds is 5. The summed E-state index contributed by atoms with van der Waals surface area (Å²) in [4.78, 5) is 39.9. The first-order chi connectivity index (χ1) is 16.9. The molecule has 2 amide bonds. The highest BCUT2D eigenvalue weighted by atomic mass is 16.2. The molecule has 5 rings (SSSR count). The van der Waals surface area contributed by atoms with Crippen LogP contribution in [0.25, 0.3) is 16.9 Å². The Morgan fingerprint density at radius 3 is 2.66 bits per heavy atom. The largest absolute Gasteiger partial charge is 0.369 e. The number of fused-ring (bicyclic) bond motifs is 1. The Morgan fingerprint density at radius 1 is 1.14 bits per heavy atom. The van der Waals surface area contributed by atoms with Gasteiger partial charge in [-0.2, -0.15) is 0 Å². The zero-order valence-electron chi connectivity index (χ0n) is 19.3. The number of aromatic nitrogens is 4. The molecule has 3 aromatic heterocycles. The molecule has 1 atom stereocenters. The normalized spacial score (nSPS) is 15.3. The van der Waals surface area contributed by atoms with Crippen LogP contribution in [0.2, 0.25) is 0 Å². The second kappa shape index (κ2) is 9.02. The van der Waals surface area contributed by atoms with E-state index in [0.29, 0.717) is 36.2 Å². The van der Waals surface area contributed by atoms with E-state index in [9.17, 15) is 9.59 Å². The van der Waals surface area contributed by atoms with Crippen LogP contribution in [-0.2, 0) is 4.79 Å². The molecule has 176 valence electrons. The van der Waals surface area contributed by atoms with Gasteiger partial charge in [0.25, 0.3) is 5.91 Å². The van der Waals surface area contributed by atoms with Crippen LogP contribution in [0.1, 0.15) is 34.0 Å². The Bertz CT molecular complexity index is 1440. The summed E-state index contributed by atoms with van der Waals surface area (Å²) in [6, 6.07) is 12.7. The Labute approximate surface area is 202 Å². The van der Waals surface area contributed by atoms with Gasteiger partial charge in [0.1, 0.15) is 11.6 Å². The molecule has 1 aliphatic heterocycles. The zero-order chi connectivity index (χ0) is 24.5. The molecule has 1 aliphatic rings. The van der Waals surface area contributed by atoms with Gasteiger partial charge in [-0.25, -0.2) is 15.0 Å². The topological polar surface area (TPSA) is 119 Å². The van der Waals surface area contributed by atoms with Gasteiger partial charge >= 0.3 is 0 Å². The predicted octanol–water partition coefficient (Wildman–Crippen LogP) is 3.44. The summed E-state index contributed by atoms with van der Waals surface area (Å²) in [7, 11) is 0. The fourth-order valence-corrected chi connectivity index (χ4v) is 4.45. The number of nitrogens with two attached hydrogens (primary N) is 1. The van der Waals surface area contributed by atoms with E-state index in [2.05, 4.69) is 21.9 Å². The van der Waals surface area contributed by atoms with Crippen LogP contribution in [0.15, 0.2) is 67.5 Å². The van der Waals surface area contributed by atoms with Crippen molar-refractivity contribution in [2.75, 3.05) is 24.1 Å². The highest BCUT2D eigenvalue weighted by Gasteiger charge is 2.30. The third-order valence-electron chi connectivity index (χ3n) is 6.23. The Kier molecular flexibility index (Phi) is 5.74. The van der Waals surface area contributed by atoms with E-state index < -0.39 is 0 Å². The minimum atomic E-state index is -0.248. The van der Waals surface area contributed by atoms with Crippen LogP contribution < -0.4 is 11.1 Å². The van der Waals surface area contributed by atoms with Crippen LogP contribution >= 0.6 is 0 Å². The number of carbonyl (C=O) groups excluding carboxylic acids is 2. The summed E-state index contributed by atoms with van der Waals surface area (Å²) in [6.45, 7) is 6.76. The molecule has 0 bridgehead atoms. The summed E-state index contributed by atoms with van der Waals surface area (Å²) in [6.07, 6.45) is 5.46. The molecule has 3 N–H and O–H groups in total. The van der Waals surface area contributed by atoms with Crippen molar-refractivity contribution >= 4 is 29.1 Å². The lowest BCUT2D eigenvalue weighted by molar-refractivity contribution is -0.125. The number of likely N-dealkylation sites (tertiary alicyclic amines) is 1. The molecular formula is C26H25N7O2. The smallest absolute Gasteiger partial charge is 0.256 e. The number of anilines is 2. The molecule has 4 aromatic rings. The first kappa shape index (κ1) is 22.3. The second-order valence-corrected chi connectivity index (χ2v) is 8.57. The molecule has 1 fully saturated rings. The van der Waals surface area contributed by atoms with E-state index in [1.54, 1.807) is 29.4 Å². The number of hydrogen-bond acceptors (Lipinski definition) is 6. The molecule has 1 saturated heterocycles. The molecule has 9 heteroatoms. The quantitative estimate of drug-likeness (QED) is 0.434. The lowest BCUT2D eigenvalue weighted by Crippen LogP contribution is -2.26. The lowest BCUT2D eigenvalue weighted by atomic mass is 10.0. The van der Waals surface area contributed by atoms with E-state index in [1.165, 1.54) is 6.08 Å². The monoisotopic (exact) mass is 467 g/mol. The molecule has 1 unspecified atom stereocenters.